The maximum Gasteiger partial charge on any atom is 0.147 e. The van der Waals surface area contributed by atoms with E-state index in [1.54, 1.807) is 17.4 Å². The Morgan fingerprint density at radius 3 is 2.71 bits per heavy atom. The van der Waals surface area contributed by atoms with Gasteiger partial charge in [-0.2, -0.15) is 0 Å². The molecule has 0 unspecified atom stereocenters. The van der Waals surface area contributed by atoms with Crippen molar-refractivity contribution in [3.63, 3.8) is 0 Å². The van der Waals surface area contributed by atoms with E-state index in [0.717, 1.165) is 41.5 Å². The molecule has 114 valence electrons. The predicted octanol–water partition coefficient (Wildman–Crippen LogP) is 4.69. The second-order valence-corrected chi connectivity index (χ2v) is 7.21. The van der Waals surface area contributed by atoms with Gasteiger partial charge in [0.25, 0.3) is 0 Å². The lowest BCUT2D eigenvalue weighted by atomic mass is 10.2. The van der Waals surface area contributed by atoms with Crippen LogP contribution in [0.4, 0.5) is 0 Å². The number of nitrogens with zero attached hydrogens (tertiary/aromatic N) is 2. The Morgan fingerprint density at radius 2 is 2.00 bits per heavy atom. The van der Waals surface area contributed by atoms with E-state index in [1.807, 2.05) is 12.1 Å². The smallest absolute Gasteiger partial charge is 0.147 e. The van der Waals surface area contributed by atoms with Crippen molar-refractivity contribution in [1.82, 2.24) is 15.5 Å². The van der Waals surface area contributed by atoms with Crippen LogP contribution < -0.4 is 5.32 Å². The Morgan fingerprint density at radius 1 is 1.19 bits per heavy atom. The number of benzene rings is 1. The fourth-order valence-electron chi connectivity index (χ4n) is 1.86. The number of aromatic nitrogens is 2. The molecule has 0 aliphatic rings. The summed E-state index contributed by atoms with van der Waals surface area (Å²) < 4.78 is 0. The monoisotopic (exact) mass is 343 g/mol. The SMILES string of the molecule is CC(C)CNCCCc1nnc(-c2ccc(Cl)c(Cl)c2)s1. The fraction of sp³-hybridized carbons (Fsp3) is 0.467. The first-order valence-corrected chi connectivity index (χ1v) is 8.62. The minimum atomic E-state index is 0.545. The first-order chi connectivity index (χ1) is 10.1. The van der Waals surface area contributed by atoms with Crippen molar-refractivity contribution < 1.29 is 0 Å². The second-order valence-electron chi connectivity index (χ2n) is 5.33. The normalized spacial score (nSPS) is 11.3. The highest BCUT2D eigenvalue weighted by molar-refractivity contribution is 7.14. The average Bonchev–Trinajstić information content (AvgIpc) is 2.90. The zero-order valence-electron chi connectivity index (χ0n) is 12.2. The minimum absolute atomic E-state index is 0.545. The number of hydrogen-bond donors (Lipinski definition) is 1. The lowest BCUT2D eigenvalue weighted by Crippen LogP contribution is -2.21. The molecule has 6 heteroatoms. The molecule has 0 atom stereocenters. The molecule has 0 fully saturated rings. The largest absolute Gasteiger partial charge is 0.316 e. The van der Waals surface area contributed by atoms with Crippen LogP contribution in [-0.2, 0) is 6.42 Å². The van der Waals surface area contributed by atoms with Crippen LogP contribution in [0.15, 0.2) is 18.2 Å². The third-order valence-corrected chi connectivity index (χ3v) is 4.70. The highest BCUT2D eigenvalue weighted by atomic mass is 35.5. The molecule has 0 spiro atoms. The van der Waals surface area contributed by atoms with Gasteiger partial charge in [-0.15, -0.1) is 10.2 Å². The van der Waals surface area contributed by atoms with Gasteiger partial charge in [0, 0.05) is 12.0 Å². The summed E-state index contributed by atoms with van der Waals surface area (Å²) >= 11 is 13.6. The molecule has 2 rings (SSSR count). The first-order valence-electron chi connectivity index (χ1n) is 7.05. The summed E-state index contributed by atoms with van der Waals surface area (Å²) in [6.45, 7) is 6.49. The van der Waals surface area contributed by atoms with Gasteiger partial charge in [-0.25, -0.2) is 0 Å². The molecule has 2 aromatic rings. The molecule has 3 nitrogen and oxygen atoms in total. The maximum atomic E-state index is 6.03. The summed E-state index contributed by atoms with van der Waals surface area (Å²) in [5.74, 6) is 0.688. The predicted molar refractivity (Wildman–Crippen MR) is 91.4 cm³/mol. The van der Waals surface area contributed by atoms with Crippen LogP contribution in [0.2, 0.25) is 10.0 Å². The van der Waals surface area contributed by atoms with Crippen molar-refractivity contribution in [1.29, 1.82) is 0 Å². The van der Waals surface area contributed by atoms with E-state index in [0.29, 0.717) is 16.0 Å². The van der Waals surface area contributed by atoms with Crippen LogP contribution in [0.3, 0.4) is 0 Å². The highest BCUT2D eigenvalue weighted by Gasteiger charge is 2.08. The quantitative estimate of drug-likeness (QED) is 0.741. The molecule has 0 radical (unpaired) electrons. The summed E-state index contributed by atoms with van der Waals surface area (Å²) in [7, 11) is 0. The van der Waals surface area contributed by atoms with Gasteiger partial charge in [-0.3, -0.25) is 0 Å². The molecule has 1 N–H and O–H groups in total. The summed E-state index contributed by atoms with van der Waals surface area (Å²) in [4.78, 5) is 0. The van der Waals surface area contributed by atoms with Gasteiger partial charge in [-0.1, -0.05) is 54.5 Å². The topological polar surface area (TPSA) is 37.8 Å². The van der Waals surface area contributed by atoms with Crippen molar-refractivity contribution in [2.45, 2.75) is 26.7 Å². The first kappa shape index (κ1) is 16.7. The minimum Gasteiger partial charge on any atom is -0.316 e. The summed E-state index contributed by atoms with van der Waals surface area (Å²) in [5.41, 5.74) is 0.964. The Balaban J connectivity index is 1.87. The molecule has 1 aromatic heterocycles. The molecule has 0 aliphatic carbocycles. The molecule has 0 bridgehead atoms. The van der Waals surface area contributed by atoms with E-state index in [4.69, 9.17) is 23.2 Å². The van der Waals surface area contributed by atoms with Crippen molar-refractivity contribution in [2.75, 3.05) is 13.1 Å². The van der Waals surface area contributed by atoms with E-state index in [2.05, 4.69) is 29.4 Å². The van der Waals surface area contributed by atoms with Gasteiger partial charge in [-0.05, 0) is 37.6 Å². The number of hydrogen-bond acceptors (Lipinski definition) is 4. The number of aryl methyl sites for hydroxylation is 1. The van der Waals surface area contributed by atoms with E-state index in [1.165, 1.54) is 0 Å². The number of halogens is 2. The Kier molecular flexibility index (Phi) is 6.42. The molecule has 21 heavy (non-hydrogen) atoms. The van der Waals surface area contributed by atoms with Gasteiger partial charge >= 0.3 is 0 Å². The van der Waals surface area contributed by atoms with Crippen LogP contribution >= 0.6 is 34.5 Å². The lowest BCUT2D eigenvalue weighted by Gasteiger charge is -2.05. The van der Waals surface area contributed by atoms with Crippen molar-refractivity contribution in [3.05, 3.63) is 33.3 Å². The van der Waals surface area contributed by atoms with Crippen LogP contribution in [-0.4, -0.2) is 23.3 Å². The molecular weight excluding hydrogens is 325 g/mol. The molecule has 0 amide bonds. The van der Waals surface area contributed by atoms with Crippen LogP contribution in [0.5, 0.6) is 0 Å². The van der Waals surface area contributed by atoms with E-state index >= 15 is 0 Å². The van der Waals surface area contributed by atoms with Gasteiger partial charge in [0.1, 0.15) is 10.0 Å². The lowest BCUT2D eigenvalue weighted by molar-refractivity contribution is 0.542. The maximum absolute atomic E-state index is 6.03. The highest BCUT2D eigenvalue weighted by Crippen LogP contribution is 2.30. The van der Waals surface area contributed by atoms with Gasteiger partial charge in [0.2, 0.25) is 0 Å². The molecular formula is C15H19Cl2N3S. The molecule has 0 saturated carbocycles. The van der Waals surface area contributed by atoms with Gasteiger partial charge < -0.3 is 5.32 Å². The van der Waals surface area contributed by atoms with Crippen LogP contribution in [0, 0.1) is 5.92 Å². The number of nitrogens with one attached hydrogen (secondary N) is 1. The summed E-state index contributed by atoms with van der Waals surface area (Å²) in [5, 5.41) is 15.0. The Labute approximate surface area is 139 Å². The fourth-order valence-corrected chi connectivity index (χ4v) is 3.03. The van der Waals surface area contributed by atoms with Gasteiger partial charge in [0.15, 0.2) is 0 Å². The van der Waals surface area contributed by atoms with Crippen molar-refractivity contribution >= 4 is 34.5 Å². The van der Waals surface area contributed by atoms with Crippen molar-refractivity contribution in [3.8, 4) is 10.6 Å². The molecule has 1 heterocycles. The van der Waals surface area contributed by atoms with Crippen LogP contribution in [0.1, 0.15) is 25.3 Å². The molecule has 0 aliphatic heterocycles. The van der Waals surface area contributed by atoms with E-state index in [9.17, 15) is 0 Å². The number of rotatable bonds is 7. The second kappa shape index (κ2) is 8.08. The van der Waals surface area contributed by atoms with E-state index in [-0.39, 0.29) is 0 Å². The average molecular weight is 344 g/mol. The zero-order chi connectivity index (χ0) is 15.2. The summed E-state index contributed by atoms with van der Waals surface area (Å²) in [6.07, 6.45) is 2.02. The Bertz CT molecular complexity index is 584. The molecule has 0 saturated heterocycles. The third kappa shape index (κ3) is 5.22. The third-order valence-electron chi connectivity index (χ3n) is 2.93. The van der Waals surface area contributed by atoms with Gasteiger partial charge in [0.05, 0.1) is 10.0 Å². The Hall–Kier alpha value is -0.680. The summed E-state index contributed by atoms with van der Waals surface area (Å²) in [6, 6.07) is 5.54. The molecule has 1 aromatic carbocycles. The zero-order valence-corrected chi connectivity index (χ0v) is 14.5. The van der Waals surface area contributed by atoms with Crippen LogP contribution in [0.25, 0.3) is 10.6 Å². The standard InChI is InChI=1S/C15H19Cl2N3S/c1-10(2)9-18-7-3-4-14-19-20-15(21-14)11-5-6-12(16)13(17)8-11/h5-6,8,10,18H,3-4,7,9H2,1-2H3. The van der Waals surface area contributed by atoms with E-state index < -0.39 is 0 Å². The van der Waals surface area contributed by atoms with Crippen molar-refractivity contribution in [2.24, 2.45) is 5.92 Å².